The second-order valence-corrected chi connectivity index (χ2v) is 4.54. The van der Waals surface area contributed by atoms with Crippen molar-refractivity contribution >= 4 is 0 Å². The van der Waals surface area contributed by atoms with Gasteiger partial charge in [0.1, 0.15) is 0 Å². The highest BCUT2D eigenvalue weighted by Gasteiger charge is 2.76. The molecule has 3 saturated carbocycles. The van der Waals surface area contributed by atoms with Crippen LogP contribution in [0.15, 0.2) is 0 Å². The van der Waals surface area contributed by atoms with E-state index >= 15 is 0 Å². The monoisotopic (exact) mass is 122 g/mol. The van der Waals surface area contributed by atoms with Crippen LogP contribution in [-0.4, -0.2) is 0 Å². The van der Waals surface area contributed by atoms with E-state index in [1.54, 1.807) is 6.42 Å². The van der Waals surface area contributed by atoms with Gasteiger partial charge in [-0.3, -0.25) is 0 Å². The summed E-state index contributed by atoms with van der Waals surface area (Å²) in [6.45, 7) is 4.78. The average Bonchev–Trinajstić information content (AvgIpc) is 2.41. The third kappa shape index (κ3) is 0.367. The SMILES string of the molecule is CC(C)C1C2C3CC3C12. The Balaban J connectivity index is 1.77. The van der Waals surface area contributed by atoms with Gasteiger partial charge in [-0.15, -0.1) is 0 Å². The minimum Gasteiger partial charge on any atom is -0.0625 e. The summed E-state index contributed by atoms with van der Waals surface area (Å²) in [4.78, 5) is 0. The summed E-state index contributed by atoms with van der Waals surface area (Å²) in [5.74, 6) is 7.11. The largest absolute Gasteiger partial charge is 0.0625 e. The Morgan fingerprint density at radius 2 is 1.67 bits per heavy atom. The van der Waals surface area contributed by atoms with Crippen LogP contribution in [0.2, 0.25) is 0 Å². The smallest absolute Gasteiger partial charge is 0.0315 e. The summed E-state index contributed by atoms with van der Waals surface area (Å²) in [7, 11) is 0. The fourth-order valence-corrected chi connectivity index (χ4v) is 3.39. The zero-order chi connectivity index (χ0) is 6.17. The first-order chi connectivity index (χ1) is 4.30. The van der Waals surface area contributed by atoms with Crippen LogP contribution in [0.1, 0.15) is 20.3 Å². The molecular formula is C9H14. The molecule has 0 amide bonds. The van der Waals surface area contributed by atoms with Gasteiger partial charge >= 0.3 is 0 Å². The maximum Gasteiger partial charge on any atom is -0.0315 e. The Morgan fingerprint density at radius 3 is 2.00 bits per heavy atom. The fourth-order valence-electron chi connectivity index (χ4n) is 3.39. The molecule has 0 N–H and O–H groups in total. The van der Waals surface area contributed by atoms with Crippen molar-refractivity contribution in [3.63, 3.8) is 0 Å². The molecule has 0 bridgehead atoms. The van der Waals surface area contributed by atoms with Crippen molar-refractivity contribution in [2.24, 2.45) is 35.5 Å². The van der Waals surface area contributed by atoms with Gasteiger partial charge in [-0.1, -0.05) is 13.8 Å². The van der Waals surface area contributed by atoms with Gasteiger partial charge in [0.25, 0.3) is 0 Å². The lowest BCUT2D eigenvalue weighted by molar-refractivity contribution is 0.434. The van der Waals surface area contributed by atoms with Crippen molar-refractivity contribution in [1.29, 1.82) is 0 Å². The van der Waals surface area contributed by atoms with Gasteiger partial charge < -0.3 is 0 Å². The zero-order valence-electron chi connectivity index (χ0n) is 6.17. The molecule has 4 unspecified atom stereocenters. The third-order valence-electron chi connectivity index (χ3n) is 3.84. The van der Waals surface area contributed by atoms with Crippen LogP contribution in [0, 0.1) is 35.5 Å². The number of hydrogen-bond acceptors (Lipinski definition) is 0. The second-order valence-electron chi connectivity index (χ2n) is 4.54. The van der Waals surface area contributed by atoms with Crippen molar-refractivity contribution in [2.45, 2.75) is 20.3 Å². The highest BCUT2D eigenvalue weighted by Crippen LogP contribution is 2.81. The molecule has 0 aromatic heterocycles. The number of rotatable bonds is 1. The van der Waals surface area contributed by atoms with Crippen LogP contribution in [0.5, 0.6) is 0 Å². The molecule has 3 fully saturated rings. The van der Waals surface area contributed by atoms with Crippen molar-refractivity contribution in [3.8, 4) is 0 Å². The molecule has 0 aromatic carbocycles. The van der Waals surface area contributed by atoms with Crippen molar-refractivity contribution in [3.05, 3.63) is 0 Å². The average molecular weight is 122 g/mol. The highest BCUT2D eigenvalue weighted by atomic mass is 14.8. The van der Waals surface area contributed by atoms with Crippen molar-refractivity contribution in [2.75, 3.05) is 0 Å². The second kappa shape index (κ2) is 1.09. The van der Waals surface area contributed by atoms with Gasteiger partial charge in [-0.25, -0.2) is 0 Å². The zero-order valence-corrected chi connectivity index (χ0v) is 6.17. The van der Waals surface area contributed by atoms with E-state index in [2.05, 4.69) is 13.8 Å². The molecule has 0 spiro atoms. The van der Waals surface area contributed by atoms with Gasteiger partial charge in [0.2, 0.25) is 0 Å². The van der Waals surface area contributed by atoms with Crippen LogP contribution in [0.4, 0.5) is 0 Å². The van der Waals surface area contributed by atoms with Gasteiger partial charge in [0.05, 0.1) is 0 Å². The molecule has 0 aliphatic heterocycles. The minimum absolute atomic E-state index is 0.993. The summed E-state index contributed by atoms with van der Waals surface area (Å²) in [5, 5.41) is 0. The van der Waals surface area contributed by atoms with Crippen molar-refractivity contribution in [1.82, 2.24) is 0 Å². The normalized spacial score (nSPS) is 66.3. The summed E-state index contributed by atoms with van der Waals surface area (Å²) in [6.07, 6.45) is 1.61. The van der Waals surface area contributed by atoms with Crippen LogP contribution in [0.3, 0.4) is 0 Å². The lowest BCUT2D eigenvalue weighted by Gasteiger charge is -2.03. The Morgan fingerprint density at radius 1 is 1.11 bits per heavy atom. The van der Waals surface area contributed by atoms with Crippen LogP contribution < -0.4 is 0 Å². The Labute approximate surface area is 56.6 Å². The van der Waals surface area contributed by atoms with E-state index in [0.717, 1.165) is 5.92 Å². The lowest BCUT2D eigenvalue weighted by atomic mass is 10.0. The van der Waals surface area contributed by atoms with E-state index < -0.39 is 0 Å². The number of fused-ring (bicyclic) bond motifs is 4. The van der Waals surface area contributed by atoms with Gasteiger partial charge in [-0.05, 0) is 41.9 Å². The molecule has 0 heteroatoms. The van der Waals surface area contributed by atoms with Crippen LogP contribution in [0.25, 0.3) is 0 Å². The Bertz CT molecular complexity index is 145. The Kier molecular flexibility index (Phi) is 0.574. The van der Waals surface area contributed by atoms with Gasteiger partial charge in [-0.2, -0.15) is 0 Å². The first-order valence-corrected chi connectivity index (χ1v) is 4.30. The Hall–Kier alpha value is 0. The molecule has 3 rings (SSSR count). The minimum atomic E-state index is 0.993. The summed E-state index contributed by atoms with van der Waals surface area (Å²) < 4.78 is 0. The first kappa shape index (κ1) is 4.76. The molecule has 0 saturated heterocycles. The summed E-state index contributed by atoms with van der Waals surface area (Å²) in [6, 6.07) is 0. The van der Waals surface area contributed by atoms with E-state index in [0.29, 0.717) is 0 Å². The summed E-state index contributed by atoms with van der Waals surface area (Å²) in [5.41, 5.74) is 0. The third-order valence-corrected chi connectivity index (χ3v) is 3.84. The van der Waals surface area contributed by atoms with Gasteiger partial charge in [0, 0.05) is 0 Å². The molecule has 0 aromatic rings. The molecular weight excluding hydrogens is 108 g/mol. The standard InChI is InChI=1S/C9H14/c1-4(2)7-8-5-3-6(5)9(7)8/h4-9H,3H2,1-2H3. The lowest BCUT2D eigenvalue weighted by Crippen LogP contribution is -2.00. The molecule has 0 heterocycles. The van der Waals surface area contributed by atoms with Crippen LogP contribution >= 0.6 is 0 Å². The van der Waals surface area contributed by atoms with E-state index in [1.165, 1.54) is 29.6 Å². The molecule has 4 atom stereocenters. The molecule has 0 radical (unpaired) electrons. The molecule has 0 nitrogen and oxygen atoms in total. The maximum absolute atomic E-state index is 2.39. The van der Waals surface area contributed by atoms with Crippen LogP contribution in [-0.2, 0) is 0 Å². The predicted molar refractivity (Wildman–Crippen MR) is 36.9 cm³/mol. The van der Waals surface area contributed by atoms with E-state index in [-0.39, 0.29) is 0 Å². The molecule has 3 aliphatic carbocycles. The highest BCUT2D eigenvalue weighted by molar-refractivity contribution is 5.24. The fraction of sp³-hybridized carbons (Fsp3) is 1.00. The van der Waals surface area contributed by atoms with Crippen molar-refractivity contribution < 1.29 is 0 Å². The maximum atomic E-state index is 2.39. The number of hydrogen-bond donors (Lipinski definition) is 0. The molecule has 3 aliphatic rings. The van der Waals surface area contributed by atoms with E-state index in [1.807, 2.05) is 0 Å². The van der Waals surface area contributed by atoms with E-state index in [4.69, 9.17) is 0 Å². The van der Waals surface area contributed by atoms with Gasteiger partial charge in [0.15, 0.2) is 0 Å². The summed E-state index contributed by atoms with van der Waals surface area (Å²) >= 11 is 0. The first-order valence-electron chi connectivity index (χ1n) is 4.30. The molecule has 9 heavy (non-hydrogen) atoms. The quantitative estimate of drug-likeness (QED) is 0.500. The predicted octanol–water partition coefficient (Wildman–Crippen LogP) is 2.15. The topological polar surface area (TPSA) is 0 Å². The van der Waals surface area contributed by atoms with E-state index in [9.17, 15) is 0 Å². The molecule has 50 valence electrons.